The zero-order valence-electron chi connectivity index (χ0n) is 20.8. The van der Waals surface area contributed by atoms with Crippen LogP contribution in [0.1, 0.15) is 15.9 Å². The van der Waals surface area contributed by atoms with E-state index in [1.807, 2.05) is 0 Å². The minimum Gasteiger partial charge on any atom is -0.298 e. The molecule has 3 N–H and O–H groups in total. The number of anilines is 2. The summed E-state index contributed by atoms with van der Waals surface area (Å²) in [6.07, 6.45) is 5.60. The van der Waals surface area contributed by atoms with Gasteiger partial charge in [0, 0.05) is 34.8 Å². The lowest BCUT2D eigenvalue weighted by Crippen LogP contribution is -2.29. The Morgan fingerprint density at radius 3 is 1.44 bits per heavy atom. The van der Waals surface area contributed by atoms with Gasteiger partial charge in [-0.05, 0) is 82.3 Å². The monoisotopic (exact) mass is 800 g/mol. The van der Waals surface area contributed by atoms with Crippen LogP contribution in [0, 0.1) is 0 Å². The Morgan fingerprint density at radius 2 is 1.02 bits per heavy atom. The van der Waals surface area contributed by atoms with Gasteiger partial charge in [-0.3, -0.25) is 35.6 Å². The molecule has 2 aromatic heterocycles. The number of nitrogens with one attached hydrogen (secondary N) is 3. The van der Waals surface area contributed by atoms with E-state index in [1.165, 1.54) is 24.8 Å². The number of halogens is 10. The maximum absolute atomic E-state index is 11.9. The Labute approximate surface area is 295 Å². The molecule has 0 unspecified atom stereocenters. The number of rotatable bonds is 6. The average Bonchev–Trinajstić information content (AvgIpc) is 2.92. The van der Waals surface area contributed by atoms with Gasteiger partial charge in [0.05, 0.1) is 42.6 Å². The van der Waals surface area contributed by atoms with E-state index in [0.29, 0.717) is 31.3 Å². The Balaban J connectivity index is 0.000000260. The minimum absolute atomic E-state index is 0.146. The number of hydrogen-bond donors (Lipinski definition) is 3. The molecule has 8 nitrogen and oxygen atoms in total. The molecule has 19 heteroatoms. The molecule has 0 bridgehead atoms. The summed E-state index contributed by atoms with van der Waals surface area (Å²) in [5.41, 5.74) is 10.0. The van der Waals surface area contributed by atoms with Gasteiger partial charge in [-0.15, -0.1) is 0 Å². The number of nitrogens with zero attached hydrogens (tertiary/aromatic N) is 3. The predicted molar refractivity (Wildman–Crippen MR) is 184 cm³/mol. The van der Waals surface area contributed by atoms with Crippen LogP contribution in [0.25, 0.3) is 0 Å². The number of benzene rings is 2. The minimum atomic E-state index is -3.22. The maximum atomic E-state index is 11.9. The van der Waals surface area contributed by atoms with Crippen LogP contribution in [-0.2, 0) is 4.57 Å². The van der Waals surface area contributed by atoms with Crippen molar-refractivity contribution in [2.45, 2.75) is 0 Å². The summed E-state index contributed by atoms with van der Waals surface area (Å²) in [6, 6.07) is 13.8. The number of carbonyl (C=O) groups excluding carboxylic acids is 1. The molecule has 0 spiro atoms. The molecule has 228 valence electrons. The van der Waals surface area contributed by atoms with Crippen molar-refractivity contribution in [1.82, 2.24) is 15.4 Å². The Hall–Kier alpha value is -1.39. The van der Waals surface area contributed by atoms with Crippen LogP contribution in [0.4, 0.5) is 11.4 Å². The molecule has 2 aromatic carbocycles. The first-order chi connectivity index (χ1) is 20.2. The first-order valence-corrected chi connectivity index (χ1v) is 18.1. The summed E-state index contributed by atoms with van der Waals surface area (Å²) < 4.78 is 9.51. The zero-order chi connectivity index (χ0) is 32.2. The van der Waals surface area contributed by atoms with Crippen LogP contribution < -0.4 is 16.3 Å². The fourth-order valence-corrected chi connectivity index (χ4v) is 4.33. The van der Waals surface area contributed by atoms with Crippen molar-refractivity contribution < 1.29 is 9.36 Å². The highest BCUT2D eigenvalue weighted by molar-refractivity contribution is 8.24. The number of carbonyl (C=O) groups is 1. The molecule has 0 saturated heterocycles. The van der Waals surface area contributed by atoms with Crippen molar-refractivity contribution in [2.75, 3.05) is 10.9 Å². The largest absolute Gasteiger partial charge is 0.339 e. The van der Waals surface area contributed by atoms with E-state index in [-0.39, 0.29) is 20.8 Å². The second-order valence-electron chi connectivity index (χ2n) is 7.46. The second-order valence-corrected chi connectivity index (χ2v) is 17.0. The van der Waals surface area contributed by atoms with Gasteiger partial charge in [0.15, 0.2) is 5.17 Å². The first kappa shape index (κ1) is 37.8. The van der Waals surface area contributed by atoms with Gasteiger partial charge in [0.2, 0.25) is 0 Å². The number of hydrazine groups is 1. The second kappa shape index (κ2) is 18.5. The Morgan fingerprint density at radius 1 is 0.651 bits per heavy atom. The fourth-order valence-electron chi connectivity index (χ4n) is 2.66. The third kappa shape index (κ3) is 14.5. The van der Waals surface area contributed by atoms with Crippen LogP contribution in [0.5, 0.6) is 0 Å². The van der Waals surface area contributed by atoms with Crippen molar-refractivity contribution in [3.8, 4) is 0 Å². The fraction of sp³-hybridized carbons (Fsp3) is 0. The average molecular weight is 805 g/mol. The SMILES string of the molecule is Cl/C(=N\Nc1ccc(Cl)cc1)c1c(Cl)cncc1Cl.O=C(NNc1ccc(Cl)cc1)c1c(Cl)cncc1Cl.O=P(Cl)(Cl)Cl. The van der Waals surface area contributed by atoms with Crippen LogP contribution in [0.3, 0.4) is 0 Å². The highest BCUT2D eigenvalue weighted by atomic mass is 36.0. The van der Waals surface area contributed by atoms with Gasteiger partial charge in [-0.1, -0.05) is 81.2 Å². The number of pyridine rings is 2. The maximum Gasteiger partial charge on any atom is 0.339 e. The van der Waals surface area contributed by atoms with E-state index in [2.05, 4.69) is 65.1 Å². The molecule has 0 saturated carbocycles. The summed E-state index contributed by atoms with van der Waals surface area (Å²) in [5, 5.41) is 3.21. The quantitative estimate of drug-likeness (QED) is 0.102. The number of hydrogen-bond acceptors (Lipinski definition) is 7. The predicted octanol–water partition coefficient (Wildman–Crippen LogP) is 11.7. The summed E-state index contributed by atoms with van der Waals surface area (Å²) in [4.78, 5) is 19.5. The van der Waals surface area contributed by atoms with Crippen molar-refractivity contribution in [1.29, 1.82) is 0 Å². The van der Waals surface area contributed by atoms with Crippen molar-refractivity contribution in [2.24, 2.45) is 5.10 Å². The molecule has 0 atom stereocenters. The first-order valence-electron chi connectivity index (χ1n) is 11.0. The van der Waals surface area contributed by atoms with Gasteiger partial charge in [-0.25, -0.2) is 0 Å². The molecule has 1 amide bonds. The van der Waals surface area contributed by atoms with E-state index in [0.717, 1.165) is 5.69 Å². The van der Waals surface area contributed by atoms with E-state index in [9.17, 15) is 9.36 Å². The molecule has 43 heavy (non-hydrogen) atoms. The third-order valence-corrected chi connectivity index (χ3v) is 6.36. The van der Waals surface area contributed by atoms with Crippen molar-refractivity contribution >= 4 is 143 Å². The van der Waals surface area contributed by atoms with Gasteiger partial charge in [-0.2, -0.15) is 5.10 Å². The van der Waals surface area contributed by atoms with Crippen LogP contribution >= 0.6 is 120 Å². The zero-order valence-corrected chi connectivity index (χ0v) is 29.3. The highest BCUT2D eigenvalue weighted by Gasteiger charge is 2.15. The van der Waals surface area contributed by atoms with Crippen molar-refractivity contribution in [3.05, 3.63) is 115 Å². The lowest BCUT2D eigenvalue weighted by molar-refractivity contribution is 0.0963. The van der Waals surface area contributed by atoms with Crippen LogP contribution in [-0.4, -0.2) is 21.0 Å². The molecule has 4 rings (SSSR count). The van der Waals surface area contributed by atoms with Crippen LogP contribution in [0.15, 0.2) is 78.4 Å². The highest BCUT2D eigenvalue weighted by Crippen LogP contribution is 2.61. The number of hydrazone groups is 1. The molecule has 0 aliphatic heterocycles. The van der Waals surface area contributed by atoms with Gasteiger partial charge < -0.3 is 0 Å². The molecule has 0 fully saturated rings. The standard InChI is InChI=1S/C12H7Cl4N3.C12H8Cl3N3O.Cl3OP/c13-7-1-3-8(4-2-7)18-19-12(16)11-9(14)5-17-6-10(11)15;13-7-1-3-8(4-2-7)17-18-12(19)11-9(14)5-16-6-10(11)15;1-5(2,3)4/h1-6,18H;1-6,17H,(H,18,19);/b19-12-;;. The third-order valence-electron chi connectivity index (χ3n) is 4.43. The van der Waals surface area contributed by atoms with E-state index < -0.39 is 11.1 Å². The van der Waals surface area contributed by atoms with E-state index in [4.69, 9.17) is 81.2 Å². The summed E-state index contributed by atoms with van der Waals surface area (Å²) in [7, 11) is 0. The van der Waals surface area contributed by atoms with Gasteiger partial charge in [0.25, 0.3) is 5.91 Å². The normalized spacial score (nSPS) is 10.9. The molecule has 4 aromatic rings. The smallest absolute Gasteiger partial charge is 0.298 e. The molecular formula is C24H15Cl10N6O2P. The summed E-state index contributed by atoms with van der Waals surface area (Å²) in [5.74, 6) is -0.452. The number of amides is 1. The Kier molecular flexibility index (Phi) is 16.3. The van der Waals surface area contributed by atoms with Gasteiger partial charge in [0.1, 0.15) is 0 Å². The lowest BCUT2D eigenvalue weighted by Gasteiger charge is -2.10. The molecule has 2 heterocycles. The Bertz CT molecular complexity index is 1560. The van der Waals surface area contributed by atoms with Crippen molar-refractivity contribution in [3.63, 3.8) is 0 Å². The van der Waals surface area contributed by atoms with E-state index >= 15 is 0 Å². The summed E-state index contributed by atoms with van der Waals surface area (Å²) in [6.45, 7) is 0. The molecule has 0 aliphatic rings. The number of aromatic nitrogens is 2. The molecule has 0 radical (unpaired) electrons. The molecular weight excluding hydrogens is 790 g/mol. The topological polar surface area (TPSA) is 108 Å². The lowest BCUT2D eigenvalue weighted by atomic mass is 10.2. The van der Waals surface area contributed by atoms with Gasteiger partial charge >= 0.3 is 5.20 Å². The molecule has 0 aliphatic carbocycles. The van der Waals surface area contributed by atoms with E-state index in [1.54, 1.807) is 48.5 Å². The summed E-state index contributed by atoms with van der Waals surface area (Å²) >= 11 is 55.1. The van der Waals surface area contributed by atoms with Crippen LogP contribution in [0.2, 0.25) is 30.1 Å².